The van der Waals surface area contributed by atoms with Gasteiger partial charge in [0.1, 0.15) is 5.82 Å². The Hall–Kier alpha value is -2.87. The van der Waals surface area contributed by atoms with Crippen molar-refractivity contribution in [3.8, 4) is 0 Å². The molecular formula is C22H17Cl2FN2O3S. The largest absolute Gasteiger partial charge is 0.322 e. The van der Waals surface area contributed by atoms with Crippen LogP contribution in [-0.4, -0.2) is 20.9 Å². The molecule has 0 heterocycles. The van der Waals surface area contributed by atoms with Gasteiger partial charge in [0.2, 0.25) is 0 Å². The molecule has 0 saturated carbocycles. The summed E-state index contributed by atoms with van der Waals surface area (Å²) in [6.07, 6.45) is 1.44. The second-order valence-corrected chi connectivity index (χ2v) is 9.11. The molecule has 0 fully saturated rings. The summed E-state index contributed by atoms with van der Waals surface area (Å²) < 4.78 is 41.2. The minimum absolute atomic E-state index is 0.00257. The Morgan fingerprint density at radius 2 is 1.77 bits per heavy atom. The van der Waals surface area contributed by atoms with Gasteiger partial charge in [-0.3, -0.25) is 9.10 Å². The summed E-state index contributed by atoms with van der Waals surface area (Å²) in [6, 6.07) is 15.4. The zero-order valence-electron chi connectivity index (χ0n) is 16.1. The first-order chi connectivity index (χ1) is 14.7. The first-order valence-electron chi connectivity index (χ1n) is 8.98. The second kappa shape index (κ2) is 9.51. The molecule has 1 N–H and O–H groups in total. The smallest absolute Gasteiger partial charge is 0.264 e. The molecule has 3 rings (SSSR count). The van der Waals surface area contributed by atoms with Gasteiger partial charge in [0.05, 0.1) is 27.7 Å². The van der Waals surface area contributed by atoms with E-state index in [0.29, 0.717) is 10.7 Å². The van der Waals surface area contributed by atoms with Crippen LogP contribution < -0.4 is 9.62 Å². The molecule has 0 saturated heterocycles. The number of amides is 1. The predicted octanol–water partition coefficient (Wildman–Crippen LogP) is 5.77. The van der Waals surface area contributed by atoms with E-state index >= 15 is 0 Å². The third-order valence-electron chi connectivity index (χ3n) is 4.26. The Labute approximate surface area is 189 Å². The highest BCUT2D eigenvalue weighted by atomic mass is 35.5. The topological polar surface area (TPSA) is 66.5 Å². The number of anilines is 2. The van der Waals surface area contributed by atoms with Gasteiger partial charge in [-0.1, -0.05) is 35.3 Å². The first-order valence-corrected chi connectivity index (χ1v) is 11.2. The number of hydrogen-bond acceptors (Lipinski definition) is 3. The molecule has 0 spiro atoms. The van der Waals surface area contributed by atoms with Crippen LogP contribution in [0, 0.1) is 5.82 Å². The zero-order chi connectivity index (χ0) is 22.6. The van der Waals surface area contributed by atoms with Gasteiger partial charge in [-0.25, -0.2) is 12.8 Å². The van der Waals surface area contributed by atoms with Crippen molar-refractivity contribution in [3.05, 3.63) is 101 Å². The Kier molecular flexibility index (Phi) is 7.00. The van der Waals surface area contributed by atoms with Crippen molar-refractivity contribution in [2.24, 2.45) is 0 Å². The molecule has 0 unspecified atom stereocenters. The van der Waals surface area contributed by atoms with Crippen LogP contribution >= 0.6 is 23.2 Å². The molecule has 5 nitrogen and oxygen atoms in total. The highest BCUT2D eigenvalue weighted by molar-refractivity contribution is 7.92. The molecule has 0 bridgehead atoms. The van der Waals surface area contributed by atoms with Gasteiger partial charge in [0, 0.05) is 10.7 Å². The van der Waals surface area contributed by atoms with Crippen LogP contribution in [0.3, 0.4) is 0 Å². The summed E-state index contributed by atoms with van der Waals surface area (Å²) in [4.78, 5) is 12.5. The lowest BCUT2D eigenvalue weighted by Gasteiger charge is -2.23. The molecule has 3 aromatic carbocycles. The van der Waals surface area contributed by atoms with E-state index in [-0.39, 0.29) is 27.7 Å². The maximum atomic E-state index is 13.4. The molecule has 0 radical (unpaired) electrons. The quantitative estimate of drug-likeness (QED) is 0.438. The molecule has 3 aromatic rings. The number of benzene rings is 3. The Morgan fingerprint density at radius 3 is 2.42 bits per heavy atom. The van der Waals surface area contributed by atoms with E-state index in [9.17, 15) is 17.6 Å². The van der Waals surface area contributed by atoms with E-state index < -0.39 is 21.7 Å². The summed E-state index contributed by atoms with van der Waals surface area (Å²) >= 11 is 12.0. The third kappa shape index (κ3) is 5.25. The minimum atomic E-state index is -4.06. The van der Waals surface area contributed by atoms with Crippen molar-refractivity contribution in [1.82, 2.24) is 0 Å². The van der Waals surface area contributed by atoms with Crippen LogP contribution in [0.5, 0.6) is 0 Å². The maximum absolute atomic E-state index is 13.4. The van der Waals surface area contributed by atoms with Crippen molar-refractivity contribution < 1.29 is 17.6 Å². The van der Waals surface area contributed by atoms with E-state index in [2.05, 4.69) is 11.9 Å². The number of rotatable bonds is 7. The monoisotopic (exact) mass is 478 g/mol. The first kappa shape index (κ1) is 22.8. The van der Waals surface area contributed by atoms with Crippen molar-refractivity contribution in [2.45, 2.75) is 4.90 Å². The van der Waals surface area contributed by atoms with Crippen LogP contribution in [0.25, 0.3) is 0 Å². The number of carbonyl (C=O) groups is 1. The number of nitrogens with zero attached hydrogens (tertiary/aromatic N) is 1. The molecule has 0 aromatic heterocycles. The van der Waals surface area contributed by atoms with Crippen LogP contribution in [0.1, 0.15) is 10.4 Å². The van der Waals surface area contributed by atoms with Crippen LogP contribution in [0.4, 0.5) is 15.8 Å². The molecule has 0 aliphatic carbocycles. The molecule has 160 valence electrons. The Balaban J connectivity index is 1.98. The fourth-order valence-corrected chi connectivity index (χ4v) is 4.59. The molecule has 0 aliphatic rings. The summed E-state index contributed by atoms with van der Waals surface area (Å²) in [6.45, 7) is 3.61. The van der Waals surface area contributed by atoms with Gasteiger partial charge in [-0.2, -0.15) is 0 Å². The molecule has 9 heteroatoms. The van der Waals surface area contributed by atoms with E-state index in [1.807, 2.05) is 0 Å². The SMILES string of the molecule is C=CCN(c1ccc(Cl)cc1)S(=O)(=O)c1ccc(Cl)c(C(=O)Nc2cccc(F)c2)c1. The van der Waals surface area contributed by atoms with Gasteiger partial charge in [0.25, 0.3) is 15.9 Å². The molecule has 0 atom stereocenters. The summed E-state index contributed by atoms with van der Waals surface area (Å²) in [7, 11) is -4.06. The number of nitrogens with one attached hydrogen (secondary N) is 1. The summed E-state index contributed by atoms with van der Waals surface area (Å²) in [5.41, 5.74) is 0.524. The van der Waals surface area contributed by atoms with E-state index in [1.54, 1.807) is 24.3 Å². The average Bonchev–Trinajstić information content (AvgIpc) is 2.73. The molecule has 31 heavy (non-hydrogen) atoms. The molecule has 0 aliphatic heterocycles. The second-order valence-electron chi connectivity index (χ2n) is 6.41. The third-order valence-corrected chi connectivity index (χ3v) is 6.63. The number of sulfonamides is 1. The van der Waals surface area contributed by atoms with Gasteiger partial charge >= 0.3 is 0 Å². The number of hydrogen-bond donors (Lipinski definition) is 1. The number of halogens is 3. The lowest BCUT2D eigenvalue weighted by atomic mass is 10.2. The van der Waals surface area contributed by atoms with Gasteiger partial charge in [0.15, 0.2) is 0 Å². The van der Waals surface area contributed by atoms with Crippen molar-refractivity contribution >= 4 is 50.5 Å². The highest BCUT2D eigenvalue weighted by Crippen LogP contribution is 2.28. The fourth-order valence-electron chi connectivity index (χ4n) is 2.80. The van der Waals surface area contributed by atoms with Gasteiger partial charge < -0.3 is 5.32 Å². The fraction of sp³-hybridized carbons (Fsp3) is 0.0455. The standard InChI is InChI=1S/C22H17Cl2FN2O3S/c1-2-12-27(18-8-6-15(23)7-9-18)31(29,30)19-10-11-21(24)20(14-19)22(28)26-17-5-3-4-16(25)13-17/h2-11,13-14H,1,12H2,(H,26,28). The van der Waals surface area contributed by atoms with E-state index in [0.717, 1.165) is 10.4 Å². The van der Waals surface area contributed by atoms with Gasteiger partial charge in [-0.05, 0) is 60.7 Å². The average molecular weight is 479 g/mol. The lowest BCUT2D eigenvalue weighted by Crippen LogP contribution is -2.31. The highest BCUT2D eigenvalue weighted by Gasteiger charge is 2.26. The van der Waals surface area contributed by atoms with Gasteiger partial charge in [-0.15, -0.1) is 6.58 Å². The lowest BCUT2D eigenvalue weighted by molar-refractivity contribution is 0.102. The Morgan fingerprint density at radius 1 is 1.06 bits per heavy atom. The summed E-state index contributed by atoms with van der Waals surface area (Å²) in [5.74, 6) is -1.20. The summed E-state index contributed by atoms with van der Waals surface area (Å²) in [5, 5.41) is 3.02. The molecular weight excluding hydrogens is 462 g/mol. The van der Waals surface area contributed by atoms with E-state index in [1.165, 1.54) is 42.5 Å². The maximum Gasteiger partial charge on any atom is 0.264 e. The van der Waals surface area contributed by atoms with Crippen molar-refractivity contribution in [3.63, 3.8) is 0 Å². The van der Waals surface area contributed by atoms with E-state index in [4.69, 9.17) is 23.2 Å². The molecule has 1 amide bonds. The normalized spacial score (nSPS) is 11.1. The Bertz CT molecular complexity index is 1230. The predicted molar refractivity (Wildman–Crippen MR) is 122 cm³/mol. The van der Waals surface area contributed by atoms with Crippen LogP contribution in [0.15, 0.2) is 84.3 Å². The van der Waals surface area contributed by atoms with Crippen molar-refractivity contribution in [1.29, 1.82) is 0 Å². The minimum Gasteiger partial charge on any atom is -0.322 e. The number of carbonyl (C=O) groups excluding carboxylic acids is 1. The van der Waals surface area contributed by atoms with Crippen molar-refractivity contribution in [2.75, 3.05) is 16.2 Å². The van der Waals surface area contributed by atoms with Crippen LogP contribution in [-0.2, 0) is 10.0 Å². The zero-order valence-corrected chi connectivity index (χ0v) is 18.4. The van der Waals surface area contributed by atoms with Crippen LogP contribution in [0.2, 0.25) is 10.0 Å².